The number of rotatable bonds is 2. The molecule has 0 amide bonds. The van der Waals surface area contributed by atoms with E-state index in [9.17, 15) is 0 Å². The fourth-order valence-corrected chi connectivity index (χ4v) is 5.39. The van der Waals surface area contributed by atoms with Crippen molar-refractivity contribution in [3.05, 3.63) is 103 Å². The highest BCUT2D eigenvalue weighted by atomic mass is 16.5. The number of hydrogen-bond acceptors (Lipinski definition) is 3. The monoisotopic (exact) mass is 450 g/mol. The van der Waals surface area contributed by atoms with E-state index in [-0.39, 0.29) is 0 Å². The molecule has 0 radical (unpaired) electrons. The summed E-state index contributed by atoms with van der Waals surface area (Å²) in [6, 6.07) is 34.0. The molecule has 35 heavy (non-hydrogen) atoms. The summed E-state index contributed by atoms with van der Waals surface area (Å²) in [5, 5.41) is 7.99. The average molecular weight is 451 g/mol. The minimum Gasteiger partial charge on any atom is -0.497 e. The summed E-state index contributed by atoms with van der Waals surface area (Å²) < 4.78 is 5.44. The van der Waals surface area contributed by atoms with Crippen molar-refractivity contribution in [1.82, 2.24) is 9.97 Å². The number of fused-ring (bicyclic) bond motifs is 8. The second-order valence-electron chi connectivity index (χ2n) is 9.00. The van der Waals surface area contributed by atoms with Gasteiger partial charge in [0, 0.05) is 38.2 Å². The Hall–Kier alpha value is -4.50. The maximum Gasteiger partial charge on any atom is 0.118 e. The molecular weight excluding hydrogens is 428 g/mol. The van der Waals surface area contributed by atoms with Crippen LogP contribution in [0.2, 0.25) is 0 Å². The van der Waals surface area contributed by atoms with Crippen molar-refractivity contribution >= 4 is 54.3 Å². The molecule has 2 heterocycles. The predicted molar refractivity (Wildman–Crippen MR) is 146 cm³/mol. The quantitative estimate of drug-likeness (QED) is 0.197. The van der Waals surface area contributed by atoms with E-state index in [0.717, 1.165) is 60.5 Å². The lowest BCUT2D eigenvalue weighted by molar-refractivity contribution is 0.415. The maximum absolute atomic E-state index is 5.44. The van der Waals surface area contributed by atoms with E-state index in [0.29, 0.717) is 0 Å². The third kappa shape index (κ3) is 2.91. The molecule has 0 spiro atoms. The van der Waals surface area contributed by atoms with Gasteiger partial charge in [-0.25, -0.2) is 4.98 Å². The molecule has 3 heteroatoms. The van der Waals surface area contributed by atoms with E-state index >= 15 is 0 Å². The van der Waals surface area contributed by atoms with Crippen molar-refractivity contribution in [2.24, 2.45) is 0 Å². The Bertz CT molecular complexity index is 1940. The number of benzene rings is 5. The Labute approximate surface area is 202 Å². The molecule has 0 aliphatic heterocycles. The van der Waals surface area contributed by atoms with Gasteiger partial charge in [0.1, 0.15) is 5.75 Å². The molecule has 0 unspecified atom stereocenters. The molecule has 0 saturated heterocycles. The second kappa shape index (κ2) is 7.51. The van der Waals surface area contributed by atoms with Crippen LogP contribution in [0.4, 0.5) is 0 Å². The van der Waals surface area contributed by atoms with Gasteiger partial charge in [-0.3, -0.25) is 4.98 Å². The van der Waals surface area contributed by atoms with Gasteiger partial charge in [0.15, 0.2) is 0 Å². The summed E-state index contributed by atoms with van der Waals surface area (Å²) in [4.78, 5) is 10.5. The van der Waals surface area contributed by atoms with E-state index in [2.05, 4.69) is 91.9 Å². The summed E-state index contributed by atoms with van der Waals surface area (Å²) in [5.74, 6) is 0.841. The van der Waals surface area contributed by atoms with Gasteiger partial charge in [-0.15, -0.1) is 0 Å². The Morgan fingerprint density at radius 1 is 0.543 bits per heavy atom. The summed E-state index contributed by atoms with van der Waals surface area (Å²) in [6.45, 7) is 2.10. The minimum absolute atomic E-state index is 0.841. The first kappa shape index (κ1) is 19.9. The molecule has 0 bridgehead atoms. The van der Waals surface area contributed by atoms with Gasteiger partial charge in [0.25, 0.3) is 0 Å². The molecule has 7 aromatic rings. The summed E-state index contributed by atoms with van der Waals surface area (Å²) >= 11 is 0. The van der Waals surface area contributed by atoms with Crippen molar-refractivity contribution in [1.29, 1.82) is 0 Å². The predicted octanol–water partition coefficient (Wildman–Crippen LogP) is 8.23. The standard InChI is InChI=1S/C32H22N2O/c1-19-28-29(22-11-15-23(35-2)16-12-22)26-17-13-20-7-3-5-9-24(20)30(26)34-32(28)27-18-14-21-8-4-6-10-25(21)31(27)33-19/h3-18H,1-2H3. The number of hydrogen-bond donors (Lipinski definition) is 0. The zero-order valence-corrected chi connectivity index (χ0v) is 19.5. The Morgan fingerprint density at radius 3 is 1.80 bits per heavy atom. The lowest BCUT2D eigenvalue weighted by Gasteiger charge is -2.17. The highest BCUT2D eigenvalue weighted by Crippen LogP contribution is 2.41. The number of pyridine rings is 2. The van der Waals surface area contributed by atoms with Crippen molar-refractivity contribution in [2.45, 2.75) is 6.92 Å². The molecule has 166 valence electrons. The van der Waals surface area contributed by atoms with Crippen molar-refractivity contribution in [2.75, 3.05) is 7.11 Å². The third-order valence-electron chi connectivity index (χ3n) is 7.06. The fourth-order valence-electron chi connectivity index (χ4n) is 5.39. The van der Waals surface area contributed by atoms with Crippen LogP contribution < -0.4 is 4.74 Å². The molecule has 0 fully saturated rings. The van der Waals surface area contributed by atoms with Gasteiger partial charge in [0.2, 0.25) is 0 Å². The fraction of sp³-hybridized carbons (Fsp3) is 0.0625. The first-order valence-electron chi connectivity index (χ1n) is 11.8. The average Bonchev–Trinajstić information content (AvgIpc) is 2.92. The third-order valence-corrected chi connectivity index (χ3v) is 7.06. The SMILES string of the molecule is COc1ccc(-c2c3ccc4ccccc4c3nc3c2c(C)nc2c4ccccc4ccc32)cc1. The maximum atomic E-state index is 5.44. The van der Waals surface area contributed by atoms with Crippen molar-refractivity contribution in [3.63, 3.8) is 0 Å². The molecule has 2 aromatic heterocycles. The van der Waals surface area contributed by atoms with Crippen LogP contribution >= 0.6 is 0 Å². The normalized spacial score (nSPS) is 11.7. The molecule has 0 atom stereocenters. The molecule has 0 aliphatic carbocycles. The number of methoxy groups -OCH3 is 1. The van der Waals surface area contributed by atoms with Gasteiger partial charge in [-0.2, -0.15) is 0 Å². The highest BCUT2D eigenvalue weighted by molar-refractivity contribution is 6.23. The van der Waals surface area contributed by atoms with Crippen LogP contribution in [0.1, 0.15) is 5.69 Å². The van der Waals surface area contributed by atoms with E-state index in [1.807, 2.05) is 12.1 Å². The van der Waals surface area contributed by atoms with Gasteiger partial charge in [-0.05, 0) is 41.5 Å². The van der Waals surface area contributed by atoms with Crippen LogP contribution in [-0.4, -0.2) is 17.1 Å². The number of ether oxygens (including phenoxy) is 1. The molecule has 0 saturated carbocycles. The molecule has 5 aromatic carbocycles. The minimum atomic E-state index is 0.841. The molecular formula is C32H22N2O. The Kier molecular flexibility index (Phi) is 4.27. The van der Waals surface area contributed by atoms with Gasteiger partial charge in [-0.1, -0.05) is 78.9 Å². The molecule has 0 aliphatic rings. The van der Waals surface area contributed by atoms with E-state index < -0.39 is 0 Å². The van der Waals surface area contributed by atoms with Crippen LogP contribution in [0, 0.1) is 6.92 Å². The zero-order chi connectivity index (χ0) is 23.5. The van der Waals surface area contributed by atoms with Crippen LogP contribution in [0.3, 0.4) is 0 Å². The van der Waals surface area contributed by atoms with Crippen LogP contribution in [0.5, 0.6) is 5.75 Å². The Morgan fingerprint density at radius 2 is 1.14 bits per heavy atom. The van der Waals surface area contributed by atoms with E-state index in [4.69, 9.17) is 14.7 Å². The van der Waals surface area contributed by atoms with Crippen LogP contribution in [0.15, 0.2) is 97.1 Å². The van der Waals surface area contributed by atoms with Gasteiger partial charge >= 0.3 is 0 Å². The van der Waals surface area contributed by atoms with E-state index in [1.165, 1.54) is 16.3 Å². The summed E-state index contributed by atoms with van der Waals surface area (Å²) in [6.07, 6.45) is 0. The molecule has 0 N–H and O–H groups in total. The largest absolute Gasteiger partial charge is 0.497 e. The van der Waals surface area contributed by atoms with Gasteiger partial charge in [0.05, 0.1) is 23.7 Å². The topological polar surface area (TPSA) is 35.0 Å². The zero-order valence-electron chi connectivity index (χ0n) is 19.5. The van der Waals surface area contributed by atoms with Crippen LogP contribution in [0.25, 0.3) is 65.4 Å². The molecule has 7 rings (SSSR count). The molecule has 3 nitrogen and oxygen atoms in total. The lowest BCUT2D eigenvalue weighted by Crippen LogP contribution is -1.97. The summed E-state index contributed by atoms with van der Waals surface area (Å²) in [5.41, 5.74) is 6.29. The van der Waals surface area contributed by atoms with Crippen LogP contribution in [-0.2, 0) is 0 Å². The highest BCUT2D eigenvalue weighted by Gasteiger charge is 2.19. The Balaban J connectivity index is 1.74. The first-order valence-corrected chi connectivity index (χ1v) is 11.8. The van der Waals surface area contributed by atoms with Crippen molar-refractivity contribution in [3.8, 4) is 16.9 Å². The number of nitrogens with zero attached hydrogens (tertiary/aromatic N) is 2. The smallest absolute Gasteiger partial charge is 0.118 e. The van der Waals surface area contributed by atoms with E-state index in [1.54, 1.807) is 7.11 Å². The first-order chi connectivity index (χ1) is 17.2. The summed E-state index contributed by atoms with van der Waals surface area (Å²) in [7, 11) is 1.70. The van der Waals surface area contributed by atoms with Crippen molar-refractivity contribution < 1.29 is 4.74 Å². The number of aryl methyl sites for hydroxylation is 1. The van der Waals surface area contributed by atoms with Gasteiger partial charge < -0.3 is 4.74 Å². The second-order valence-corrected chi connectivity index (χ2v) is 9.00. The number of aromatic nitrogens is 2. The lowest BCUT2D eigenvalue weighted by atomic mass is 9.92.